The van der Waals surface area contributed by atoms with Crippen LogP contribution in [0.1, 0.15) is 5.56 Å². The van der Waals surface area contributed by atoms with Crippen LogP contribution in [0.25, 0.3) is 11.3 Å². The van der Waals surface area contributed by atoms with E-state index in [9.17, 15) is 23.3 Å². The summed E-state index contributed by atoms with van der Waals surface area (Å²) >= 11 is 0. The van der Waals surface area contributed by atoms with Gasteiger partial charge in [-0.1, -0.05) is 24.3 Å². The second kappa shape index (κ2) is 10.8. The molecule has 0 aliphatic heterocycles. The lowest BCUT2D eigenvalue weighted by Gasteiger charge is -2.14. The molecule has 3 rings (SSSR count). The zero-order valence-electron chi connectivity index (χ0n) is 18.5. The van der Waals surface area contributed by atoms with Crippen molar-refractivity contribution in [2.75, 3.05) is 37.8 Å². The van der Waals surface area contributed by atoms with Crippen LogP contribution >= 0.6 is 0 Å². The molecule has 12 heteroatoms. The first-order valence-corrected chi connectivity index (χ1v) is 10.2. The van der Waals surface area contributed by atoms with Crippen molar-refractivity contribution >= 4 is 17.5 Å². The fourth-order valence-electron chi connectivity index (χ4n) is 2.94. The predicted molar refractivity (Wildman–Crippen MR) is 122 cm³/mol. The highest BCUT2D eigenvalue weighted by Gasteiger charge is 2.31. The zero-order chi connectivity index (χ0) is 24.7. The van der Waals surface area contributed by atoms with Crippen molar-refractivity contribution < 1.29 is 22.8 Å². The fourth-order valence-corrected chi connectivity index (χ4v) is 2.94. The highest BCUT2D eigenvalue weighted by Crippen LogP contribution is 2.28. The number of likely N-dealkylation sites (N-methyl/N-ethyl adjacent to an activating group) is 1. The van der Waals surface area contributed by atoms with Gasteiger partial charge in [-0.25, -0.2) is 4.98 Å². The van der Waals surface area contributed by atoms with E-state index in [1.54, 1.807) is 24.3 Å². The zero-order valence-corrected chi connectivity index (χ0v) is 18.5. The fraction of sp³-hybridized carbons (Fsp3) is 0.273. The summed E-state index contributed by atoms with van der Waals surface area (Å²) in [5.41, 5.74) is 1.58. The van der Waals surface area contributed by atoms with Crippen LogP contribution in [0.2, 0.25) is 0 Å². The van der Waals surface area contributed by atoms with Crippen molar-refractivity contribution in [2.45, 2.75) is 12.9 Å². The Labute approximate surface area is 193 Å². The quantitative estimate of drug-likeness (QED) is 0.325. The van der Waals surface area contributed by atoms with Crippen molar-refractivity contribution in [3.8, 4) is 17.0 Å². The third kappa shape index (κ3) is 7.59. The summed E-state index contributed by atoms with van der Waals surface area (Å²) < 4.78 is 41.9. The van der Waals surface area contributed by atoms with Gasteiger partial charge in [0.1, 0.15) is 11.6 Å². The summed E-state index contributed by atoms with van der Waals surface area (Å²) in [6.07, 6.45) is -4.80. The third-order valence-corrected chi connectivity index (χ3v) is 4.55. The van der Waals surface area contributed by atoms with E-state index < -0.39 is 11.3 Å². The van der Waals surface area contributed by atoms with E-state index >= 15 is 0 Å². The molecule has 1 aromatic heterocycles. The van der Waals surface area contributed by atoms with Crippen molar-refractivity contribution in [3.63, 3.8) is 0 Å². The molecule has 2 aromatic carbocycles. The van der Waals surface area contributed by atoms with Gasteiger partial charge in [-0.15, -0.1) is 13.2 Å². The number of nitro groups is 1. The molecule has 180 valence electrons. The molecule has 0 aliphatic carbocycles. The molecule has 9 nitrogen and oxygen atoms in total. The molecule has 0 aliphatic rings. The standard InChI is InChI=1S/C22H23F3N6O3/c1-30(2)11-10-26-21-28-19(16-4-3-5-18(12-16)34-22(23,24)25)13-20(29-21)27-14-15-6-8-17(9-7-15)31(32)33/h3-9,12-13H,10-11,14H2,1-2H3,(H2,26,27,28,29). The van der Waals surface area contributed by atoms with Gasteiger partial charge in [0.05, 0.1) is 10.6 Å². The first-order valence-electron chi connectivity index (χ1n) is 10.2. The summed E-state index contributed by atoms with van der Waals surface area (Å²) in [4.78, 5) is 21.2. The summed E-state index contributed by atoms with van der Waals surface area (Å²) in [5, 5.41) is 17.1. The van der Waals surface area contributed by atoms with Crippen LogP contribution in [0.5, 0.6) is 5.75 Å². The van der Waals surface area contributed by atoms with Crippen LogP contribution in [0.3, 0.4) is 0 Å². The van der Waals surface area contributed by atoms with Gasteiger partial charge >= 0.3 is 6.36 Å². The lowest BCUT2D eigenvalue weighted by Crippen LogP contribution is -2.21. The number of alkyl halides is 3. The Morgan fingerprint density at radius 2 is 1.79 bits per heavy atom. The van der Waals surface area contributed by atoms with E-state index in [1.807, 2.05) is 19.0 Å². The molecule has 0 saturated heterocycles. The van der Waals surface area contributed by atoms with Crippen molar-refractivity contribution in [1.29, 1.82) is 0 Å². The maximum Gasteiger partial charge on any atom is 0.573 e. The number of nitro benzene ring substituents is 1. The Bertz CT molecular complexity index is 1120. The molecule has 0 atom stereocenters. The van der Waals surface area contributed by atoms with Crippen molar-refractivity contribution in [1.82, 2.24) is 14.9 Å². The third-order valence-electron chi connectivity index (χ3n) is 4.55. The normalized spacial score (nSPS) is 11.4. The average molecular weight is 476 g/mol. The molecule has 0 spiro atoms. The van der Waals surface area contributed by atoms with Crippen LogP contribution < -0.4 is 15.4 Å². The minimum atomic E-state index is -4.80. The molecular weight excluding hydrogens is 453 g/mol. The molecule has 2 N–H and O–H groups in total. The molecule has 34 heavy (non-hydrogen) atoms. The number of nitrogens with zero attached hydrogens (tertiary/aromatic N) is 4. The number of ether oxygens (including phenoxy) is 1. The Kier molecular flexibility index (Phi) is 7.84. The number of benzene rings is 2. The van der Waals surface area contributed by atoms with Gasteiger partial charge in [-0.05, 0) is 31.8 Å². The summed E-state index contributed by atoms with van der Waals surface area (Å²) in [7, 11) is 3.84. The minimum absolute atomic E-state index is 0.0126. The van der Waals surface area contributed by atoms with Gasteiger partial charge in [0, 0.05) is 43.4 Å². The highest BCUT2D eigenvalue weighted by atomic mass is 19.4. The van der Waals surface area contributed by atoms with Crippen LogP contribution in [-0.4, -0.2) is 53.3 Å². The predicted octanol–water partition coefficient (Wildman–Crippen LogP) is 4.54. The highest BCUT2D eigenvalue weighted by molar-refractivity contribution is 5.66. The Morgan fingerprint density at radius 3 is 2.44 bits per heavy atom. The van der Waals surface area contributed by atoms with E-state index in [1.165, 1.54) is 30.3 Å². The van der Waals surface area contributed by atoms with Crippen LogP contribution in [0.4, 0.5) is 30.6 Å². The summed E-state index contributed by atoms with van der Waals surface area (Å²) in [6, 6.07) is 13.2. The Hall–Kier alpha value is -3.93. The van der Waals surface area contributed by atoms with E-state index in [4.69, 9.17) is 0 Å². The van der Waals surface area contributed by atoms with Crippen molar-refractivity contribution in [3.05, 3.63) is 70.3 Å². The number of hydrogen-bond acceptors (Lipinski definition) is 8. The number of hydrogen-bond donors (Lipinski definition) is 2. The number of nitrogens with one attached hydrogen (secondary N) is 2. The minimum Gasteiger partial charge on any atom is -0.406 e. The van der Waals surface area contributed by atoms with Crippen LogP contribution in [0.15, 0.2) is 54.6 Å². The largest absolute Gasteiger partial charge is 0.573 e. The van der Waals surface area contributed by atoms with E-state index in [-0.39, 0.29) is 11.4 Å². The first-order chi connectivity index (χ1) is 16.1. The maximum atomic E-state index is 12.6. The molecule has 0 radical (unpaired) electrons. The number of halogens is 3. The summed E-state index contributed by atoms with van der Waals surface area (Å²) in [5.74, 6) is 0.372. The lowest BCUT2D eigenvalue weighted by molar-refractivity contribution is -0.384. The van der Waals surface area contributed by atoms with Gasteiger partial charge in [0.25, 0.3) is 5.69 Å². The Morgan fingerprint density at radius 1 is 1.06 bits per heavy atom. The Balaban J connectivity index is 1.84. The van der Waals surface area contributed by atoms with Crippen LogP contribution in [0, 0.1) is 10.1 Å². The molecular formula is C22H23F3N6O3. The number of non-ortho nitro benzene ring substituents is 1. The van der Waals surface area contributed by atoms with E-state index in [2.05, 4.69) is 25.3 Å². The van der Waals surface area contributed by atoms with E-state index in [0.29, 0.717) is 42.7 Å². The van der Waals surface area contributed by atoms with Gasteiger partial charge in [0.2, 0.25) is 5.95 Å². The van der Waals surface area contributed by atoms with E-state index in [0.717, 1.165) is 5.56 Å². The summed E-state index contributed by atoms with van der Waals surface area (Å²) in [6.45, 7) is 1.59. The second-order valence-corrected chi connectivity index (χ2v) is 7.54. The van der Waals surface area contributed by atoms with Gasteiger partial charge in [0.15, 0.2) is 0 Å². The monoisotopic (exact) mass is 476 g/mol. The molecule has 0 unspecified atom stereocenters. The molecule has 0 bridgehead atoms. The van der Waals surface area contributed by atoms with Gasteiger partial charge in [-0.3, -0.25) is 10.1 Å². The molecule has 0 fully saturated rings. The molecule has 0 saturated carbocycles. The SMILES string of the molecule is CN(C)CCNc1nc(NCc2ccc([N+](=O)[O-])cc2)cc(-c2cccc(OC(F)(F)F)c2)n1. The topological polar surface area (TPSA) is 105 Å². The maximum absolute atomic E-state index is 12.6. The van der Waals surface area contributed by atoms with Crippen LogP contribution in [-0.2, 0) is 6.54 Å². The van der Waals surface area contributed by atoms with Crippen molar-refractivity contribution in [2.24, 2.45) is 0 Å². The molecule has 1 heterocycles. The molecule has 3 aromatic rings. The smallest absolute Gasteiger partial charge is 0.406 e. The second-order valence-electron chi connectivity index (χ2n) is 7.54. The van der Waals surface area contributed by atoms with Gasteiger partial charge in [-0.2, -0.15) is 4.98 Å². The first kappa shape index (κ1) is 24.7. The molecule has 0 amide bonds. The average Bonchev–Trinajstić information content (AvgIpc) is 2.76. The van der Waals surface area contributed by atoms with Gasteiger partial charge < -0.3 is 20.3 Å². The lowest BCUT2D eigenvalue weighted by atomic mass is 10.1. The number of aromatic nitrogens is 2. The number of anilines is 2. The number of rotatable bonds is 10.